The highest BCUT2D eigenvalue weighted by Gasteiger charge is 2.29. The zero-order valence-corrected chi connectivity index (χ0v) is 7.75. The zero-order chi connectivity index (χ0) is 9.47. The maximum Gasteiger partial charge on any atom is 0.115 e. The van der Waals surface area contributed by atoms with E-state index in [1.165, 1.54) is 0 Å². The number of fused-ring (bicyclic) bond motifs is 1. The number of benzene rings is 1. The normalized spacial score (nSPS) is 26.9. The van der Waals surface area contributed by atoms with Crippen LogP contribution in [0.1, 0.15) is 30.9 Å². The molecule has 70 valence electrons. The molecule has 1 aromatic rings. The molecule has 0 saturated carbocycles. The van der Waals surface area contributed by atoms with Crippen molar-refractivity contribution in [2.75, 3.05) is 0 Å². The Balaban J connectivity index is 2.53. The molecule has 0 heterocycles. The van der Waals surface area contributed by atoms with Crippen LogP contribution in [-0.4, -0.2) is 10.2 Å². The van der Waals surface area contributed by atoms with Gasteiger partial charge in [-0.05, 0) is 49.4 Å². The summed E-state index contributed by atoms with van der Waals surface area (Å²) in [4.78, 5) is 0. The molecule has 0 aliphatic heterocycles. The number of rotatable bonds is 0. The highest BCUT2D eigenvalue weighted by Crippen LogP contribution is 2.36. The van der Waals surface area contributed by atoms with Gasteiger partial charge >= 0.3 is 0 Å². The fourth-order valence-electron chi connectivity index (χ4n) is 2.07. The van der Waals surface area contributed by atoms with Crippen LogP contribution in [0, 0.1) is 0 Å². The second-order valence-corrected chi connectivity index (χ2v) is 3.97. The first kappa shape index (κ1) is 8.57. The van der Waals surface area contributed by atoms with Gasteiger partial charge in [0.1, 0.15) is 5.75 Å². The molecule has 2 heteroatoms. The van der Waals surface area contributed by atoms with E-state index >= 15 is 0 Å². The van der Waals surface area contributed by atoms with E-state index in [4.69, 9.17) is 0 Å². The van der Waals surface area contributed by atoms with Gasteiger partial charge in [-0.25, -0.2) is 0 Å². The van der Waals surface area contributed by atoms with Gasteiger partial charge in [-0.3, -0.25) is 0 Å². The molecule has 0 aromatic heterocycles. The molecule has 0 amide bonds. The predicted molar refractivity (Wildman–Crippen MR) is 50.6 cm³/mol. The molecule has 2 N–H and O–H groups in total. The predicted octanol–water partition coefficient (Wildman–Crippen LogP) is 1.94. The maximum atomic E-state index is 10.0. The molecule has 0 radical (unpaired) electrons. The average Bonchev–Trinajstić information content (AvgIpc) is 2.02. The lowest BCUT2D eigenvalue weighted by atomic mass is 9.80. The van der Waals surface area contributed by atoms with E-state index in [1.807, 2.05) is 13.0 Å². The number of phenols is 1. The number of hydrogen-bond donors (Lipinski definition) is 2. The van der Waals surface area contributed by atoms with E-state index < -0.39 is 5.60 Å². The first-order valence-electron chi connectivity index (χ1n) is 4.64. The van der Waals surface area contributed by atoms with E-state index in [0.29, 0.717) is 0 Å². The highest BCUT2D eigenvalue weighted by atomic mass is 16.3. The van der Waals surface area contributed by atoms with Gasteiger partial charge in [0.05, 0.1) is 5.60 Å². The Kier molecular flexibility index (Phi) is 1.81. The minimum absolute atomic E-state index is 0.288. The number of phenolic OH excluding ortho intramolecular Hbond substituents is 1. The maximum absolute atomic E-state index is 10.0. The lowest BCUT2D eigenvalue weighted by Gasteiger charge is -2.30. The van der Waals surface area contributed by atoms with Crippen LogP contribution < -0.4 is 0 Å². The number of aliphatic hydroxyl groups is 1. The fraction of sp³-hybridized carbons (Fsp3) is 0.455. The van der Waals surface area contributed by atoms with Gasteiger partial charge in [-0.2, -0.15) is 0 Å². The first-order chi connectivity index (χ1) is 6.09. The molecule has 1 atom stereocenters. The molecular weight excluding hydrogens is 164 g/mol. The van der Waals surface area contributed by atoms with Gasteiger partial charge in [-0.15, -0.1) is 0 Å². The summed E-state index contributed by atoms with van der Waals surface area (Å²) < 4.78 is 0. The minimum Gasteiger partial charge on any atom is -0.508 e. The van der Waals surface area contributed by atoms with Gasteiger partial charge in [0.2, 0.25) is 0 Å². The van der Waals surface area contributed by atoms with E-state index in [-0.39, 0.29) is 5.75 Å². The third kappa shape index (κ3) is 1.42. The van der Waals surface area contributed by atoms with E-state index in [9.17, 15) is 10.2 Å². The summed E-state index contributed by atoms with van der Waals surface area (Å²) in [5.41, 5.74) is 1.34. The molecule has 0 bridgehead atoms. The van der Waals surface area contributed by atoms with E-state index in [2.05, 4.69) is 0 Å². The Morgan fingerprint density at radius 1 is 1.38 bits per heavy atom. The van der Waals surface area contributed by atoms with E-state index in [1.54, 1.807) is 12.1 Å². The summed E-state index contributed by atoms with van der Waals surface area (Å²) in [6.45, 7) is 1.84. The SMILES string of the molecule is CC1(O)CCCc2cc(O)ccc21. The molecule has 2 rings (SSSR count). The standard InChI is InChI=1S/C11H14O2/c1-11(13)6-2-3-8-7-9(12)4-5-10(8)11/h4-5,7,12-13H,2-3,6H2,1H3. The zero-order valence-electron chi connectivity index (χ0n) is 7.75. The second kappa shape index (κ2) is 2.74. The second-order valence-electron chi connectivity index (χ2n) is 3.97. The van der Waals surface area contributed by atoms with Gasteiger partial charge in [0.25, 0.3) is 0 Å². The van der Waals surface area contributed by atoms with Gasteiger partial charge in [0, 0.05) is 0 Å². The van der Waals surface area contributed by atoms with Gasteiger partial charge in [0.15, 0.2) is 0 Å². The monoisotopic (exact) mass is 178 g/mol. The van der Waals surface area contributed by atoms with Crippen LogP contribution in [0.2, 0.25) is 0 Å². The topological polar surface area (TPSA) is 40.5 Å². The van der Waals surface area contributed by atoms with Crippen molar-refractivity contribution in [2.45, 2.75) is 31.8 Å². The van der Waals surface area contributed by atoms with E-state index in [0.717, 1.165) is 30.4 Å². The van der Waals surface area contributed by atoms with Crippen molar-refractivity contribution in [2.24, 2.45) is 0 Å². The molecule has 0 fully saturated rings. The third-order valence-electron chi connectivity index (χ3n) is 2.78. The van der Waals surface area contributed by atoms with Crippen molar-refractivity contribution >= 4 is 0 Å². The molecule has 1 aromatic carbocycles. The molecule has 1 unspecified atom stereocenters. The number of aryl methyl sites for hydroxylation is 1. The molecule has 0 spiro atoms. The summed E-state index contributed by atoms with van der Waals surface area (Å²) in [6.07, 6.45) is 2.76. The molecule has 13 heavy (non-hydrogen) atoms. The first-order valence-corrected chi connectivity index (χ1v) is 4.64. The summed E-state index contributed by atoms with van der Waals surface area (Å²) in [6, 6.07) is 5.21. The summed E-state index contributed by atoms with van der Waals surface area (Å²) in [5, 5.41) is 19.3. The number of hydrogen-bond acceptors (Lipinski definition) is 2. The Bertz CT molecular complexity index is 329. The minimum atomic E-state index is -0.707. The van der Waals surface area contributed by atoms with Gasteiger partial charge in [-0.1, -0.05) is 6.07 Å². The molecular formula is C11H14O2. The summed E-state index contributed by atoms with van der Waals surface area (Å²) in [5.74, 6) is 0.288. The van der Waals surface area contributed by atoms with Crippen molar-refractivity contribution in [3.8, 4) is 5.75 Å². The number of aromatic hydroxyl groups is 1. The third-order valence-corrected chi connectivity index (χ3v) is 2.78. The lowest BCUT2D eigenvalue weighted by molar-refractivity contribution is 0.0386. The smallest absolute Gasteiger partial charge is 0.115 e. The van der Waals surface area contributed by atoms with Crippen LogP contribution in [-0.2, 0) is 12.0 Å². The van der Waals surface area contributed by atoms with Crippen LogP contribution in [0.3, 0.4) is 0 Å². The van der Waals surface area contributed by atoms with Gasteiger partial charge < -0.3 is 10.2 Å². The molecule has 1 aliphatic carbocycles. The summed E-state index contributed by atoms with van der Waals surface area (Å²) in [7, 11) is 0. The van der Waals surface area contributed by atoms with Crippen LogP contribution >= 0.6 is 0 Å². The average molecular weight is 178 g/mol. The van der Waals surface area contributed by atoms with Crippen LogP contribution in [0.15, 0.2) is 18.2 Å². The Hall–Kier alpha value is -1.02. The Morgan fingerprint density at radius 2 is 2.15 bits per heavy atom. The van der Waals surface area contributed by atoms with Crippen LogP contribution in [0.25, 0.3) is 0 Å². The van der Waals surface area contributed by atoms with Crippen molar-refractivity contribution in [1.29, 1.82) is 0 Å². The highest BCUT2D eigenvalue weighted by molar-refractivity contribution is 5.39. The lowest BCUT2D eigenvalue weighted by Crippen LogP contribution is -2.26. The Labute approximate surface area is 77.8 Å². The van der Waals surface area contributed by atoms with Crippen molar-refractivity contribution in [3.05, 3.63) is 29.3 Å². The largest absolute Gasteiger partial charge is 0.508 e. The Morgan fingerprint density at radius 3 is 2.92 bits per heavy atom. The van der Waals surface area contributed by atoms with Crippen molar-refractivity contribution < 1.29 is 10.2 Å². The quantitative estimate of drug-likeness (QED) is 0.637. The fourth-order valence-corrected chi connectivity index (χ4v) is 2.07. The van der Waals surface area contributed by atoms with Crippen molar-refractivity contribution in [1.82, 2.24) is 0 Å². The van der Waals surface area contributed by atoms with Crippen molar-refractivity contribution in [3.63, 3.8) is 0 Å². The molecule has 0 saturated heterocycles. The van der Waals surface area contributed by atoms with Crippen LogP contribution in [0.5, 0.6) is 5.75 Å². The van der Waals surface area contributed by atoms with Crippen LogP contribution in [0.4, 0.5) is 0 Å². The molecule has 1 aliphatic rings. The summed E-state index contributed by atoms with van der Waals surface area (Å²) >= 11 is 0. The molecule has 2 nitrogen and oxygen atoms in total.